The molecule has 0 aromatic carbocycles. The van der Waals surface area contributed by atoms with Gasteiger partial charge in [-0.2, -0.15) is 4.72 Å². The van der Waals surface area contributed by atoms with E-state index in [0.717, 1.165) is 0 Å². The quantitative estimate of drug-likeness (QED) is 0.747. The van der Waals surface area contributed by atoms with Crippen LogP contribution < -0.4 is 10.5 Å². The molecule has 0 saturated heterocycles. The summed E-state index contributed by atoms with van der Waals surface area (Å²) in [5.74, 6) is 0.654. The first-order valence-electron chi connectivity index (χ1n) is 5.67. The van der Waals surface area contributed by atoms with Gasteiger partial charge in [-0.05, 0) is 20.3 Å². The van der Waals surface area contributed by atoms with Crippen LogP contribution in [0.3, 0.4) is 0 Å². The zero-order valence-electron chi connectivity index (χ0n) is 10.7. The summed E-state index contributed by atoms with van der Waals surface area (Å²) in [7, 11) is -3.68. The van der Waals surface area contributed by atoms with Crippen LogP contribution in [0.15, 0.2) is 11.2 Å². The Balaban J connectivity index is 3.02. The lowest BCUT2D eigenvalue weighted by atomic mass is 10.2. The van der Waals surface area contributed by atoms with Crippen molar-refractivity contribution in [2.75, 3.05) is 0 Å². The van der Waals surface area contributed by atoms with Crippen LogP contribution in [-0.4, -0.2) is 29.0 Å². The first-order chi connectivity index (χ1) is 8.31. The predicted molar refractivity (Wildman–Crippen MR) is 73.8 cm³/mol. The molecule has 1 aromatic rings. The Bertz CT molecular complexity index is 536. The summed E-state index contributed by atoms with van der Waals surface area (Å²) in [4.78, 5) is 4.16. The normalized spacial score (nSPS) is 13.5. The summed E-state index contributed by atoms with van der Waals surface area (Å²) in [6.07, 6.45) is 2.01. The van der Waals surface area contributed by atoms with Crippen molar-refractivity contribution in [3.63, 3.8) is 0 Å². The molecule has 1 rings (SSSR count). The highest BCUT2D eigenvalue weighted by Crippen LogP contribution is 2.10. The van der Waals surface area contributed by atoms with Gasteiger partial charge in [0.1, 0.15) is 5.82 Å². The Morgan fingerprint density at radius 1 is 1.61 bits per heavy atom. The Kier molecular flexibility index (Phi) is 4.83. The molecule has 1 aromatic heterocycles. The highest BCUT2D eigenvalue weighted by atomic mass is 32.2. The maximum absolute atomic E-state index is 12.1. The Morgan fingerprint density at radius 2 is 2.22 bits per heavy atom. The van der Waals surface area contributed by atoms with Crippen molar-refractivity contribution >= 4 is 27.2 Å². The highest BCUT2D eigenvalue weighted by Gasteiger charge is 2.23. The summed E-state index contributed by atoms with van der Waals surface area (Å²) in [5, 5.41) is -0.00319. The molecule has 0 spiro atoms. The first kappa shape index (κ1) is 15.1. The van der Waals surface area contributed by atoms with Gasteiger partial charge in [0.05, 0.1) is 11.0 Å². The maximum Gasteiger partial charge on any atom is 0.260 e. The standard InChI is InChI=1S/C10H18N4O2S2/c1-4-8(10(11)17)13-18(15,16)9-6-14(5-2)7(3)12-9/h6,8,13H,4-5H2,1-3H3,(H2,11,17). The molecule has 0 saturated carbocycles. The van der Waals surface area contributed by atoms with E-state index in [1.54, 1.807) is 11.5 Å². The van der Waals surface area contributed by atoms with Crippen LogP contribution in [0, 0.1) is 6.92 Å². The lowest BCUT2D eigenvalue weighted by Crippen LogP contribution is -2.43. The lowest BCUT2D eigenvalue weighted by Gasteiger charge is -2.14. The van der Waals surface area contributed by atoms with Gasteiger partial charge in [0, 0.05) is 12.7 Å². The summed E-state index contributed by atoms with van der Waals surface area (Å²) in [6, 6.07) is -0.544. The molecule has 0 amide bonds. The van der Waals surface area contributed by atoms with E-state index in [4.69, 9.17) is 18.0 Å². The number of aromatic nitrogens is 2. The zero-order valence-corrected chi connectivity index (χ0v) is 12.3. The molecule has 1 atom stereocenters. The van der Waals surface area contributed by atoms with E-state index in [1.807, 2.05) is 13.8 Å². The van der Waals surface area contributed by atoms with Crippen LogP contribution in [0.2, 0.25) is 0 Å². The van der Waals surface area contributed by atoms with Crippen LogP contribution in [-0.2, 0) is 16.6 Å². The van der Waals surface area contributed by atoms with E-state index in [2.05, 4.69) is 9.71 Å². The smallest absolute Gasteiger partial charge is 0.260 e. The summed E-state index contributed by atoms with van der Waals surface area (Å²) >= 11 is 4.81. The molecular weight excluding hydrogens is 272 g/mol. The van der Waals surface area contributed by atoms with Gasteiger partial charge in [-0.1, -0.05) is 19.1 Å². The predicted octanol–water partition coefficient (Wildman–Crippen LogP) is 0.554. The monoisotopic (exact) mass is 290 g/mol. The van der Waals surface area contributed by atoms with Crippen LogP contribution in [0.4, 0.5) is 0 Å². The number of hydrogen-bond acceptors (Lipinski definition) is 4. The van der Waals surface area contributed by atoms with Gasteiger partial charge in [-0.15, -0.1) is 0 Å². The topological polar surface area (TPSA) is 90.0 Å². The first-order valence-corrected chi connectivity index (χ1v) is 7.56. The van der Waals surface area contributed by atoms with E-state index < -0.39 is 16.1 Å². The highest BCUT2D eigenvalue weighted by molar-refractivity contribution is 7.89. The van der Waals surface area contributed by atoms with Gasteiger partial charge < -0.3 is 10.3 Å². The van der Waals surface area contributed by atoms with Crippen LogP contribution in [0.1, 0.15) is 26.1 Å². The molecule has 0 radical (unpaired) electrons. The minimum absolute atomic E-state index is 0.00319. The summed E-state index contributed by atoms with van der Waals surface area (Å²) in [6.45, 7) is 6.15. The fourth-order valence-corrected chi connectivity index (χ4v) is 3.13. The minimum Gasteiger partial charge on any atom is -0.392 e. The average molecular weight is 290 g/mol. The van der Waals surface area contributed by atoms with Crippen molar-refractivity contribution in [3.8, 4) is 0 Å². The summed E-state index contributed by atoms with van der Waals surface area (Å²) < 4.78 is 28.4. The molecular formula is C10H18N4O2S2. The van der Waals surface area contributed by atoms with Crippen LogP contribution >= 0.6 is 12.2 Å². The third-order valence-corrected chi connectivity index (χ3v) is 4.25. The van der Waals surface area contributed by atoms with Crippen LogP contribution in [0.25, 0.3) is 0 Å². The number of nitrogens with one attached hydrogen (secondary N) is 1. The fraction of sp³-hybridized carbons (Fsp3) is 0.600. The van der Waals surface area contributed by atoms with Crippen molar-refractivity contribution in [1.29, 1.82) is 0 Å². The molecule has 0 fully saturated rings. The third kappa shape index (κ3) is 3.27. The van der Waals surface area contributed by atoms with Crippen molar-refractivity contribution in [2.24, 2.45) is 5.73 Å². The SMILES string of the molecule is CCC(NS(=O)(=O)c1cn(CC)c(C)n1)C(N)=S. The minimum atomic E-state index is -3.68. The number of hydrogen-bond donors (Lipinski definition) is 2. The molecule has 0 bridgehead atoms. The number of rotatable bonds is 6. The lowest BCUT2D eigenvalue weighted by molar-refractivity contribution is 0.569. The Hall–Kier alpha value is -0.990. The zero-order chi connectivity index (χ0) is 13.9. The molecule has 0 aliphatic rings. The molecule has 3 N–H and O–H groups in total. The molecule has 1 unspecified atom stereocenters. The van der Waals surface area contributed by atoms with Crippen molar-refractivity contribution < 1.29 is 8.42 Å². The number of thiocarbonyl (C=S) groups is 1. The van der Waals surface area contributed by atoms with Gasteiger partial charge in [0.25, 0.3) is 10.0 Å². The number of aryl methyl sites for hydroxylation is 2. The van der Waals surface area contributed by atoms with E-state index in [0.29, 0.717) is 18.8 Å². The molecule has 102 valence electrons. The van der Waals surface area contributed by atoms with E-state index in [-0.39, 0.29) is 10.0 Å². The van der Waals surface area contributed by atoms with Crippen LogP contribution in [0.5, 0.6) is 0 Å². The van der Waals surface area contributed by atoms with E-state index in [1.165, 1.54) is 6.20 Å². The van der Waals surface area contributed by atoms with Crippen molar-refractivity contribution in [2.45, 2.75) is 44.8 Å². The van der Waals surface area contributed by atoms with Gasteiger partial charge in [-0.3, -0.25) is 0 Å². The molecule has 18 heavy (non-hydrogen) atoms. The van der Waals surface area contributed by atoms with Gasteiger partial charge in [0.2, 0.25) is 0 Å². The molecule has 6 nitrogen and oxygen atoms in total. The number of nitrogens with zero attached hydrogens (tertiary/aromatic N) is 2. The molecule has 8 heteroatoms. The number of imidazole rings is 1. The molecule has 0 aliphatic carbocycles. The Morgan fingerprint density at radius 3 is 2.61 bits per heavy atom. The number of sulfonamides is 1. The second-order valence-electron chi connectivity index (χ2n) is 3.90. The number of nitrogens with two attached hydrogens (primary N) is 1. The van der Waals surface area contributed by atoms with Gasteiger partial charge >= 0.3 is 0 Å². The third-order valence-electron chi connectivity index (χ3n) is 2.62. The molecule has 1 heterocycles. The summed E-state index contributed by atoms with van der Waals surface area (Å²) in [5.41, 5.74) is 5.47. The fourth-order valence-electron chi connectivity index (χ4n) is 1.52. The Labute approximate surface area is 113 Å². The molecule has 0 aliphatic heterocycles. The average Bonchev–Trinajstić information content (AvgIpc) is 2.68. The van der Waals surface area contributed by atoms with E-state index >= 15 is 0 Å². The second-order valence-corrected chi connectivity index (χ2v) is 6.03. The van der Waals surface area contributed by atoms with Crippen molar-refractivity contribution in [3.05, 3.63) is 12.0 Å². The largest absolute Gasteiger partial charge is 0.392 e. The van der Waals surface area contributed by atoms with Gasteiger partial charge in [0.15, 0.2) is 5.03 Å². The van der Waals surface area contributed by atoms with E-state index in [9.17, 15) is 8.42 Å². The van der Waals surface area contributed by atoms with Gasteiger partial charge in [-0.25, -0.2) is 13.4 Å². The van der Waals surface area contributed by atoms with Crippen molar-refractivity contribution in [1.82, 2.24) is 14.3 Å². The maximum atomic E-state index is 12.1. The second kappa shape index (κ2) is 5.77.